The van der Waals surface area contributed by atoms with Gasteiger partial charge in [0.1, 0.15) is 5.75 Å². The molecule has 0 aliphatic carbocycles. The molecular formula is C20H20BrClN4O5S. The summed E-state index contributed by atoms with van der Waals surface area (Å²) in [5, 5.41) is 24.9. The van der Waals surface area contributed by atoms with E-state index in [0.29, 0.717) is 17.3 Å². The van der Waals surface area contributed by atoms with Gasteiger partial charge in [-0.25, -0.2) is 9.59 Å². The lowest BCUT2D eigenvalue weighted by Gasteiger charge is -2.12. The van der Waals surface area contributed by atoms with Crippen LogP contribution in [0, 0.1) is 0 Å². The maximum absolute atomic E-state index is 9.10. The van der Waals surface area contributed by atoms with Gasteiger partial charge in [0.15, 0.2) is 11.0 Å². The summed E-state index contributed by atoms with van der Waals surface area (Å²) in [5.41, 5.74) is 7.47. The summed E-state index contributed by atoms with van der Waals surface area (Å²) in [4.78, 5) is 18.2. The zero-order chi connectivity index (χ0) is 23.7. The monoisotopic (exact) mass is 542 g/mol. The van der Waals surface area contributed by atoms with Gasteiger partial charge in [-0.1, -0.05) is 51.4 Å². The largest absolute Gasteiger partial charge is 0.495 e. The molecule has 0 fully saturated rings. The van der Waals surface area contributed by atoms with Crippen LogP contribution in [-0.2, 0) is 9.59 Å². The van der Waals surface area contributed by atoms with Crippen molar-refractivity contribution in [2.75, 3.05) is 19.4 Å². The van der Waals surface area contributed by atoms with E-state index >= 15 is 0 Å². The third-order valence-electron chi connectivity index (χ3n) is 3.89. The highest BCUT2D eigenvalue weighted by Gasteiger charge is 2.17. The Morgan fingerprint density at radius 3 is 2.34 bits per heavy atom. The predicted octanol–water partition coefficient (Wildman–Crippen LogP) is 3.96. The summed E-state index contributed by atoms with van der Waals surface area (Å²) in [6.45, 7) is 0.648. The van der Waals surface area contributed by atoms with Crippen LogP contribution in [0.1, 0.15) is 6.42 Å². The molecule has 0 aliphatic heterocycles. The van der Waals surface area contributed by atoms with E-state index in [9.17, 15) is 0 Å². The first-order valence-electron chi connectivity index (χ1n) is 9.12. The van der Waals surface area contributed by atoms with E-state index < -0.39 is 11.9 Å². The molecule has 3 rings (SSSR count). The van der Waals surface area contributed by atoms with Gasteiger partial charge in [-0.05, 0) is 43.3 Å². The molecule has 4 N–H and O–H groups in total. The Hall–Kier alpha value is -2.60. The SMILES string of the molecule is COc1ccc(-n2c(SCCCN)nnc2-c2ccc(Br)cc2)cc1Cl.O=C(O)C(=O)O. The van der Waals surface area contributed by atoms with E-state index in [-0.39, 0.29) is 0 Å². The third kappa shape index (κ3) is 6.95. The van der Waals surface area contributed by atoms with E-state index in [2.05, 4.69) is 26.1 Å². The van der Waals surface area contributed by atoms with Crippen LogP contribution in [0.5, 0.6) is 5.75 Å². The zero-order valence-corrected chi connectivity index (χ0v) is 20.0. The van der Waals surface area contributed by atoms with Crippen molar-refractivity contribution in [3.63, 3.8) is 0 Å². The van der Waals surface area contributed by atoms with E-state index in [1.807, 2.05) is 47.0 Å². The number of benzene rings is 2. The van der Waals surface area contributed by atoms with Gasteiger partial charge in [-0.15, -0.1) is 10.2 Å². The maximum Gasteiger partial charge on any atom is 0.414 e. The molecule has 32 heavy (non-hydrogen) atoms. The van der Waals surface area contributed by atoms with Crippen LogP contribution in [0.25, 0.3) is 17.1 Å². The Kier molecular flexibility index (Phi) is 9.97. The molecular weight excluding hydrogens is 524 g/mol. The van der Waals surface area contributed by atoms with Gasteiger partial charge in [0.2, 0.25) is 0 Å². The van der Waals surface area contributed by atoms with Crippen LogP contribution in [0.2, 0.25) is 5.02 Å². The number of carbonyl (C=O) groups is 2. The first-order chi connectivity index (χ1) is 15.3. The number of halogens is 2. The lowest BCUT2D eigenvalue weighted by atomic mass is 10.2. The molecule has 9 nitrogen and oxygen atoms in total. The normalized spacial score (nSPS) is 10.2. The summed E-state index contributed by atoms with van der Waals surface area (Å²) < 4.78 is 8.28. The van der Waals surface area contributed by atoms with E-state index in [1.54, 1.807) is 18.9 Å². The van der Waals surface area contributed by atoms with E-state index in [4.69, 9.17) is 41.9 Å². The average Bonchev–Trinajstić information content (AvgIpc) is 3.18. The molecule has 0 aliphatic rings. The first kappa shape index (κ1) is 25.7. The molecule has 0 saturated heterocycles. The lowest BCUT2D eigenvalue weighted by Crippen LogP contribution is -2.09. The Balaban J connectivity index is 0.000000534. The average molecular weight is 544 g/mol. The molecule has 3 aromatic rings. The fourth-order valence-corrected chi connectivity index (χ4v) is 3.85. The Morgan fingerprint density at radius 1 is 1.16 bits per heavy atom. The molecule has 0 bridgehead atoms. The second kappa shape index (κ2) is 12.4. The molecule has 0 saturated carbocycles. The lowest BCUT2D eigenvalue weighted by molar-refractivity contribution is -0.159. The minimum Gasteiger partial charge on any atom is -0.495 e. The molecule has 1 heterocycles. The molecule has 0 atom stereocenters. The van der Waals surface area contributed by atoms with Crippen LogP contribution in [-0.4, -0.2) is 56.3 Å². The number of nitrogens with zero attached hydrogens (tertiary/aromatic N) is 3. The van der Waals surface area contributed by atoms with E-state index in [1.165, 1.54) is 0 Å². The number of carboxylic acid groups (broad SMARTS) is 2. The molecule has 12 heteroatoms. The van der Waals surface area contributed by atoms with Crippen molar-refractivity contribution in [1.82, 2.24) is 14.8 Å². The standard InChI is InChI=1S/C18H18BrClN4OS.C2H2O4/c1-25-16-8-7-14(11-15(16)20)24-17(12-3-5-13(19)6-4-12)22-23-18(24)26-10-2-9-21;3-1(4)2(5)6/h3-8,11H,2,9-10,21H2,1H3;(H,3,4)(H,5,6). The topological polar surface area (TPSA) is 141 Å². The van der Waals surface area contributed by atoms with Crippen molar-refractivity contribution in [3.8, 4) is 22.8 Å². The number of hydrogen-bond donors (Lipinski definition) is 3. The number of nitrogens with two attached hydrogens (primary N) is 1. The summed E-state index contributed by atoms with van der Waals surface area (Å²) in [6.07, 6.45) is 0.911. The number of rotatable bonds is 7. The van der Waals surface area contributed by atoms with Gasteiger partial charge in [-0.3, -0.25) is 4.57 Å². The number of carboxylic acids is 2. The number of hydrogen-bond acceptors (Lipinski definition) is 7. The van der Waals surface area contributed by atoms with Crippen molar-refractivity contribution >= 4 is 51.2 Å². The van der Waals surface area contributed by atoms with Gasteiger partial charge in [0, 0.05) is 15.8 Å². The number of aromatic nitrogens is 3. The number of methoxy groups -OCH3 is 1. The molecule has 1 aromatic heterocycles. The first-order valence-corrected chi connectivity index (χ1v) is 11.3. The van der Waals surface area contributed by atoms with Crippen LogP contribution in [0.3, 0.4) is 0 Å². The molecule has 2 aromatic carbocycles. The van der Waals surface area contributed by atoms with Gasteiger partial charge >= 0.3 is 11.9 Å². The molecule has 0 spiro atoms. The predicted molar refractivity (Wildman–Crippen MR) is 126 cm³/mol. The number of ether oxygens (including phenoxy) is 1. The molecule has 0 radical (unpaired) electrons. The van der Waals surface area contributed by atoms with Gasteiger partial charge in [-0.2, -0.15) is 0 Å². The number of aliphatic carboxylic acids is 2. The third-order valence-corrected chi connectivity index (χ3v) is 5.73. The van der Waals surface area contributed by atoms with Crippen molar-refractivity contribution in [3.05, 3.63) is 52.0 Å². The molecule has 0 amide bonds. The quantitative estimate of drug-likeness (QED) is 0.229. The van der Waals surface area contributed by atoms with Crippen LogP contribution in [0.4, 0.5) is 0 Å². The Bertz CT molecular complexity index is 1070. The van der Waals surface area contributed by atoms with Crippen molar-refractivity contribution in [1.29, 1.82) is 0 Å². The Labute approximate surface area is 201 Å². The minimum atomic E-state index is -1.82. The van der Waals surface area contributed by atoms with Gasteiger partial charge in [0.25, 0.3) is 0 Å². The summed E-state index contributed by atoms with van der Waals surface area (Å²) in [6, 6.07) is 13.6. The van der Waals surface area contributed by atoms with Crippen molar-refractivity contribution in [2.24, 2.45) is 5.73 Å². The fraction of sp³-hybridized carbons (Fsp3) is 0.200. The highest BCUT2D eigenvalue weighted by atomic mass is 79.9. The zero-order valence-electron chi connectivity index (χ0n) is 16.9. The maximum atomic E-state index is 9.10. The van der Waals surface area contributed by atoms with E-state index in [0.717, 1.165) is 38.9 Å². The summed E-state index contributed by atoms with van der Waals surface area (Å²) >= 11 is 11.4. The summed E-state index contributed by atoms with van der Waals surface area (Å²) in [7, 11) is 1.60. The highest BCUT2D eigenvalue weighted by Crippen LogP contribution is 2.32. The fourth-order valence-electron chi connectivity index (χ4n) is 2.42. The minimum absolute atomic E-state index is 0.540. The van der Waals surface area contributed by atoms with Crippen LogP contribution < -0.4 is 10.5 Å². The Morgan fingerprint density at radius 2 is 1.81 bits per heavy atom. The van der Waals surface area contributed by atoms with Crippen LogP contribution >= 0.6 is 39.3 Å². The number of thioether (sulfide) groups is 1. The van der Waals surface area contributed by atoms with Gasteiger partial charge < -0.3 is 20.7 Å². The highest BCUT2D eigenvalue weighted by molar-refractivity contribution is 9.10. The second-order valence-electron chi connectivity index (χ2n) is 6.07. The van der Waals surface area contributed by atoms with Crippen LogP contribution in [0.15, 0.2) is 52.1 Å². The second-order valence-corrected chi connectivity index (χ2v) is 8.45. The molecule has 170 valence electrons. The van der Waals surface area contributed by atoms with Gasteiger partial charge in [0.05, 0.1) is 17.8 Å². The van der Waals surface area contributed by atoms with Crippen molar-refractivity contribution < 1.29 is 24.5 Å². The smallest absolute Gasteiger partial charge is 0.414 e. The molecule has 0 unspecified atom stereocenters. The van der Waals surface area contributed by atoms with Crippen molar-refractivity contribution in [2.45, 2.75) is 11.6 Å². The summed E-state index contributed by atoms with van der Waals surface area (Å²) in [5.74, 6) is -1.39.